The molecule has 0 spiro atoms. The summed E-state index contributed by atoms with van der Waals surface area (Å²) in [5.74, 6) is 0.643. The van der Waals surface area contributed by atoms with E-state index in [2.05, 4.69) is 18.7 Å². The first-order valence-corrected chi connectivity index (χ1v) is 7.52. The van der Waals surface area contributed by atoms with Gasteiger partial charge in [0.05, 0.1) is 5.02 Å². The van der Waals surface area contributed by atoms with E-state index in [1.54, 1.807) is 0 Å². The number of aliphatic hydroxyl groups is 1. The van der Waals surface area contributed by atoms with Crippen LogP contribution in [0.25, 0.3) is 11.0 Å². The third-order valence-corrected chi connectivity index (χ3v) is 4.61. The Kier molecular flexibility index (Phi) is 3.53. The maximum absolute atomic E-state index is 10.9. The van der Waals surface area contributed by atoms with Crippen molar-refractivity contribution in [1.29, 1.82) is 0 Å². The molecule has 1 saturated heterocycles. The summed E-state index contributed by atoms with van der Waals surface area (Å²) in [7, 11) is 0. The summed E-state index contributed by atoms with van der Waals surface area (Å²) in [5.41, 5.74) is -0.197. The highest BCUT2D eigenvalue weighted by Crippen LogP contribution is 2.38. The van der Waals surface area contributed by atoms with E-state index >= 15 is 0 Å². The van der Waals surface area contributed by atoms with Crippen LogP contribution in [0.2, 0.25) is 5.02 Å². The van der Waals surface area contributed by atoms with Gasteiger partial charge in [0.15, 0.2) is 5.58 Å². The van der Waals surface area contributed by atoms with Gasteiger partial charge in [-0.3, -0.25) is 0 Å². The zero-order chi connectivity index (χ0) is 14.3. The second-order valence-electron chi connectivity index (χ2n) is 5.93. The molecule has 1 N–H and O–H groups in total. The molecule has 0 radical (unpaired) electrons. The number of furan rings is 1. The normalized spacial score (nSPS) is 19.9. The number of halogens is 1. The number of rotatable bonds is 2. The van der Waals surface area contributed by atoms with Crippen molar-refractivity contribution in [3.05, 3.63) is 35.0 Å². The molecule has 1 aromatic heterocycles. The molecule has 0 saturated carbocycles. The lowest BCUT2D eigenvalue weighted by Crippen LogP contribution is -2.45. The van der Waals surface area contributed by atoms with E-state index in [-0.39, 0.29) is 0 Å². The van der Waals surface area contributed by atoms with Gasteiger partial charge in [-0.15, -0.1) is 0 Å². The Hall–Kier alpha value is -1.03. The fraction of sp³-hybridized carbons (Fsp3) is 0.500. The Morgan fingerprint density at radius 2 is 2.00 bits per heavy atom. The Labute approximate surface area is 124 Å². The van der Waals surface area contributed by atoms with Crippen molar-refractivity contribution in [1.82, 2.24) is 4.90 Å². The summed E-state index contributed by atoms with van der Waals surface area (Å²) in [4.78, 5) is 2.38. The molecular weight excluding hydrogens is 274 g/mol. The van der Waals surface area contributed by atoms with Crippen LogP contribution in [0, 0.1) is 0 Å². The van der Waals surface area contributed by atoms with Crippen molar-refractivity contribution in [3.8, 4) is 0 Å². The Morgan fingerprint density at radius 1 is 1.30 bits per heavy atom. The molecule has 0 unspecified atom stereocenters. The van der Waals surface area contributed by atoms with Gasteiger partial charge in [-0.25, -0.2) is 0 Å². The monoisotopic (exact) mass is 293 g/mol. The van der Waals surface area contributed by atoms with Crippen LogP contribution in [0.1, 0.15) is 32.4 Å². The zero-order valence-corrected chi connectivity index (χ0v) is 12.7. The molecule has 2 aromatic rings. The van der Waals surface area contributed by atoms with E-state index in [9.17, 15) is 5.11 Å². The van der Waals surface area contributed by atoms with E-state index in [0.717, 1.165) is 18.5 Å². The van der Waals surface area contributed by atoms with E-state index in [0.29, 0.717) is 35.2 Å². The maximum Gasteiger partial charge on any atom is 0.153 e. The van der Waals surface area contributed by atoms with Crippen LogP contribution < -0.4 is 0 Å². The van der Waals surface area contributed by atoms with Gasteiger partial charge in [0, 0.05) is 24.5 Å². The lowest BCUT2D eigenvalue weighted by atomic mass is 9.88. The van der Waals surface area contributed by atoms with E-state index in [1.807, 2.05) is 24.3 Å². The van der Waals surface area contributed by atoms with Gasteiger partial charge in [-0.2, -0.15) is 0 Å². The van der Waals surface area contributed by atoms with Gasteiger partial charge in [-0.05, 0) is 38.8 Å². The van der Waals surface area contributed by atoms with E-state index in [1.165, 1.54) is 0 Å². The highest BCUT2D eigenvalue weighted by atomic mass is 35.5. The standard InChI is InChI=1S/C16H20ClNO2/c1-11(2)18-8-6-16(19,7-9-18)14-10-12-4-3-5-13(17)15(12)20-14/h3-5,10-11,19H,6-9H2,1-2H3. The fourth-order valence-electron chi connectivity index (χ4n) is 2.91. The second kappa shape index (κ2) is 5.06. The molecule has 0 amide bonds. The predicted octanol–water partition coefficient (Wildman–Crippen LogP) is 3.78. The first-order chi connectivity index (χ1) is 9.49. The second-order valence-corrected chi connectivity index (χ2v) is 6.34. The largest absolute Gasteiger partial charge is 0.456 e. The number of piperidine rings is 1. The van der Waals surface area contributed by atoms with Gasteiger partial charge in [0.2, 0.25) is 0 Å². The van der Waals surface area contributed by atoms with Crippen LogP contribution in [0.15, 0.2) is 28.7 Å². The van der Waals surface area contributed by atoms with Gasteiger partial charge in [0.25, 0.3) is 0 Å². The molecule has 1 fully saturated rings. The molecule has 0 bridgehead atoms. The molecule has 1 aromatic carbocycles. The first kappa shape index (κ1) is 13.9. The zero-order valence-electron chi connectivity index (χ0n) is 11.9. The molecule has 0 atom stereocenters. The van der Waals surface area contributed by atoms with Crippen molar-refractivity contribution in [2.45, 2.75) is 38.3 Å². The van der Waals surface area contributed by atoms with Crippen molar-refractivity contribution >= 4 is 22.6 Å². The number of nitrogens with zero attached hydrogens (tertiary/aromatic N) is 1. The molecule has 1 aliphatic rings. The molecule has 3 nitrogen and oxygen atoms in total. The average Bonchev–Trinajstić information content (AvgIpc) is 2.85. The third-order valence-electron chi connectivity index (χ3n) is 4.31. The van der Waals surface area contributed by atoms with Crippen molar-refractivity contribution < 1.29 is 9.52 Å². The lowest BCUT2D eigenvalue weighted by Gasteiger charge is -2.38. The number of likely N-dealkylation sites (tertiary alicyclic amines) is 1. The van der Waals surface area contributed by atoms with Crippen LogP contribution in [0.3, 0.4) is 0 Å². The van der Waals surface area contributed by atoms with Gasteiger partial charge < -0.3 is 14.4 Å². The molecule has 20 heavy (non-hydrogen) atoms. The minimum absolute atomic E-state index is 0.518. The van der Waals surface area contributed by atoms with Gasteiger partial charge in [0.1, 0.15) is 11.4 Å². The quantitative estimate of drug-likeness (QED) is 0.915. The Morgan fingerprint density at radius 3 is 2.60 bits per heavy atom. The van der Waals surface area contributed by atoms with E-state index in [4.69, 9.17) is 16.0 Å². The minimum atomic E-state index is -0.867. The molecule has 1 aliphatic heterocycles. The first-order valence-electron chi connectivity index (χ1n) is 7.14. The third kappa shape index (κ3) is 2.34. The van der Waals surface area contributed by atoms with Crippen molar-refractivity contribution in [2.75, 3.05) is 13.1 Å². The van der Waals surface area contributed by atoms with Crippen molar-refractivity contribution in [3.63, 3.8) is 0 Å². The predicted molar refractivity (Wildman–Crippen MR) is 81.1 cm³/mol. The van der Waals surface area contributed by atoms with Crippen molar-refractivity contribution in [2.24, 2.45) is 0 Å². The van der Waals surface area contributed by atoms with Crippen LogP contribution in [-0.2, 0) is 5.60 Å². The summed E-state index contributed by atoms with van der Waals surface area (Å²) in [6.45, 7) is 6.15. The number of benzene rings is 1. The maximum atomic E-state index is 10.9. The van der Waals surface area contributed by atoms with Gasteiger partial charge in [-0.1, -0.05) is 23.7 Å². The molecule has 108 valence electrons. The summed E-state index contributed by atoms with van der Waals surface area (Å²) in [6, 6.07) is 8.11. The van der Waals surface area contributed by atoms with Crippen LogP contribution >= 0.6 is 11.6 Å². The fourth-order valence-corrected chi connectivity index (χ4v) is 3.13. The molecular formula is C16H20ClNO2. The number of fused-ring (bicyclic) bond motifs is 1. The highest BCUT2D eigenvalue weighted by molar-refractivity contribution is 6.34. The molecule has 2 heterocycles. The number of hydrogen-bond donors (Lipinski definition) is 1. The number of hydrogen-bond acceptors (Lipinski definition) is 3. The Balaban J connectivity index is 1.89. The Bertz CT molecular complexity index is 612. The summed E-state index contributed by atoms with van der Waals surface area (Å²) in [5, 5.41) is 12.4. The van der Waals surface area contributed by atoms with Crippen LogP contribution in [0.5, 0.6) is 0 Å². The molecule has 0 aliphatic carbocycles. The molecule has 3 rings (SSSR count). The van der Waals surface area contributed by atoms with Crippen LogP contribution in [-0.4, -0.2) is 29.1 Å². The summed E-state index contributed by atoms with van der Waals surface area (Å²) in [6.07, 6.45) is 1.39. The average molecular weight is 294 g/mol. The summed E-state index contributed by atoms with van der Waals surface area (Å²) < 4.78 is 5.84. The minimum Gasteiger partial charge on any atom is -0.456 e. The van der Waals surface area contributed by atoms with Gasteiger partial charge >= 0.3 is 0 Å². The van der Waals surface area contributed by atoms with Crippen LogP contribution in [0.4, 0.5) is 0 Å². The topological polar surface area (TPSA) is 36.6 Å². The SMILES string of the molecule is CC(C)N1CCC(O)(c2cc3cccc(Cl)c3o2)CC1. The number of para-hydroxylation sites is 1. The molecule has 4 heteroatoms. The summed E-state index contributed by atoms with van der Waals surface area (Å²) >= 11 is 6.14. The van der Waals surface area contributed by atoms with E-state index < -0.39 is 5.60 Å². The lowest BCUT2D eigenvalue weighted by molar-refractivity contribution is -0.0467. The smallest absolute Gasteiger partial charge is 0.153 e. The highest BCUT2D eigenvalue weighted by Gasteiger charge is 2.37.